The number of nitrogens with zero attached hydrogens (tertiary/aromatic N) is 3. The Kier molecular flexibility index (Phi) is 5.73. The lowest BCUT2D eigenvalue weighted by molar-refractivity contribution is 0.0763. The summed E-state index contributed by atoms with van der Waals surface area (Å²) in [5.74, 6) is 3.18. The number of ether oxygens (including phenoxy) is 2. The molecule has 168 valence electrons. The molecule has 5 rings (SSSR count). The highest BCUT2D eigenvalue weighted by Gasteiger charge is 2.26. The molecule has 0 bridgehead atoms. The van der Waals surface area contributed by atoms with Gasteiger partial charge in [0.05, 0.1) is 12.7 Å². The highest BCUT2D eigenvalue weighted by atomic mass is 16.5. The molecule has 0 aromatic heterocycles. The summed E-state index contributed by atoms with van der Waals surface area (Å²) in [5, 5.41) is 0. The number of fused-ring (bicyclic) bond motifs is 2. The van der Waals surface area contributed by atoms with Crippen LogP contribution in [0.4, 0.5) is 5.69 Å². The van der Waals surface area contributed by atoms with Crippen molar-refractivity contribution >= 4 is 17.4 Å². The van der Waals surface area contributed by atoms with Crippen molar-refractivity contribution in [3.05, 3.63) is 83.4 Å². The van der Waals surface area contributed by atoms with Crippen LogP contribution in [0.3, 0.4) is 0 Å². The molecule has 0 saturated carbocycles. The van der Waals surface area contributed by atoms with E-state index in [1.165, 1.54) is 0 Å². The Balaban J connectivity index is 1.42. The van der Waals surface area contributed by atoms with Gasteiger partial charge in [-0.1, -0.05) is 24.3 Å². The number of amidine groups is 1. The molecule has 2 aliphatic rings. The number of amides is 1. The zero-order chi connectivity index (χ0) is 22.8. The first-order valence-corrected chi connectivity index (χ1v) is 11.3. The van der Waals surface area contributed by atoms with Gasteiger partial charge in [-0.2, -0.15) is 0 Å². The highest BCUT2D eigenvalue weighted by molar-refractivity contribution is 6.04. The maximum Gasteiger partial charge on any atom is 0.254 e. The second-order valence-electron chi connectivity index (χ2n) is 8.37. The molecular weight excluding hydrogens is 414 g/mol. The molecule has 0 unspecified atom stereocenters. The van der Waals surface area contributed by atoms with Crippen molar-refractivity contribution in [3.63, 3.8) is 0 Å². The number of aryl methyl sites for hydroxylation is 1. The number of carbonyl (C=O) groups is 1. The van der Waals surface area contributed by atoms with Gasteiger partial charge in [0.15, 0.2) is 5.75 Å². The van der Waals surface area contributed by atoms with E-state index >= 15 is 0 Å². The van der Waals surface area contributed by atoms with Gasteiger partial charge >= 0.3 is 0 Å². The predicted molar refractivity (Wildman–Crippen MR) is 129 cm³/mol. The minimum absolute atomic E-state index is 0.0307. The number of hydrogen-bond acceptors (Lipinski definition) is 5. The number of para-hydroxylation sites is 1. The molecule has 0 radical (unpaired) electrons. The molecule has 2 heterocycles. The molecule has 0 N–H and O–H groups in total. The van der Waals surface area contributed by atoms with Crippen LogP contribution in [0.25, 0.3) is 0 Å². The van der Waals surface area contributed by atoms with E-state index in [2.05, 4.69) is 17.0 Å². The quantitative estimate of drug-likeness (QED) is 0.559. The van der Waals surface area contributed by atoms with Gasteiger partial charge in [0.1, 0.15) is 23.0 Å². The molecule has 0 aliphatic carbocycles. The Bertz CT molecular complexity index is 1220. The third kappa shape index (κ3) is 4.29. The largest absolute Gasteiger partial charge is 0.497 e. The van der Waals surface area contributed by atoms with Gasteiger partial charge in [-0.3, -0.25) is 4.79 Å². The van der Waals surface area contributed by atoms with Gasteiger partial charge < -0.3 is 19.3 Å². The third-order valence-corrected chi connectivity index (χ3v) is 6.09. The number of aliphatic imine (C=N–C) groups is 1. The minimum Gasteiger partial charge on any atom is -0.497 e. The van der Waals surface area contributed by atoms with Crippen molar-refractivity contribution < 1.29 is 14.3 Å². The van der Waals surface area contributed by atoms with Gasteiger partial charge in [-0.15, -0.1) is 0 Å². The first-order chi connectivity index (χ1) is 16.1. The van der Waals surface area contributed by atoms with Crippen molar-refractivity contribution in [1.29, 1.82) is 0 Å². The Morgan fingerprint density at radius 2 is 1.82 bits per heavy atom. The summed E-state index contributed by atoms with van der Waals surface area (Å²) in [6, 6.07) is 21.5. The Morgan fingerprint density at radius 3 is 2.70 bits per heavy atom. The summed E-state index contributed by atoms with van der Waals surface area (Å²) < 4.78 is 11.5. The summed E-state index contributed by atoms with van der Waals surface area (Å²) >= 11 is 0. The molecule has 3 aromatic rings. The predicted octanol–water partition coefficient (Wildman–Crippen LogP) is 5.04. The van der Waals surface area contributed by atoms with Crippen LogP contribution in [0.15, 0.2) is 71.7 Å². The minimum atomic E-state index is 0.0307. The third-order valence-electron chi connectivity index (χ3n) is 6.09. The normalized spacial score (nSPS) is 15.4. The van der Waals surface area contributed by atoms with E-state index in [9.17, 15) is 4.79 Å². The van der Waals surface area contributed by atoms with Crippen LogP contribution >= 0.6 is 0 Å². The van der Waals surface area contributed by atoms with Crippen molar-refractivity contribution in [2.45, 2.75) is 13.3 Å². The molecule has 33 heavy (non-hydrogen) atoms. The average molecular weight is 442 g/mol. The number of rotatable bonds is 2. The second kappa shape index (κ2) is 8.98. The standard InChI is InChI=1S/C27H27N3O3/c1-19-11-12-23-25(17-19)33-24-10-4-3-9-22(24)26(28-23)29-13-6-14-30(16-15-29)27(31)20-7-5-8-21(18-20)32-2/h3-5,7-12,17-18H,6,13-16H2,1-2H3. The maximum absolute atomic E-state index is 13.2. The summed E-state index contributed by atoms with van der Waals surface area (Å²) in [4.78, 5) is 22.4. The van der Waals surface area contributed by atoms with Crippen LogP contribution in [0.2, 0.25) is 0 Å². The smallest absolute Gasteiger partial charge is 0.254 e. The van der Waals surface area contributed by atoms with E-state index in [1.807, 2.05) is 60.4 Å². The Morgan fingerprint density at radius 1 is 0.939 bits per heavy atom. The number of benzene rings is 3. The SMILES string of the molecule is COc1cccc(C(=O)N2CCCN(C3=Nc4ccc(C)cc4Oc4ccccc43)CC2)c1. The van der Waals surface area contributed by atoms with E-state index in [4.69, 9.17) is 14.5 Å². The van der Waals surface area contributed by atoms with Crippen LogP contribution in [-0.4, -0.2) is 54.8 Å². The summed E-state index contributed by atoms with van der Waals surface area (Å²) in [5.41, 5.74) is 3.57. The molecule has 1 saturated heterocycles. The molecule has 3 aromatic carbocycles. The molecule has 1 amide bonds. The van der Waals surface area contributed by atoms with Gasteiger partial charge in [-0.25, -0.2) is 4.99 Å². The topological polar surface area (TPSA) is 54.4 Å². The summed E-state index contributed by atoms with van der Waals surface area (Å²) in [6.07, 6.45) is 0.860. The van der Waals surface area contributed by atoms with E-state index in [0.29, 0.717) is 30.9 Å². The fourth-order valence-corrected chi connectivity index (χ4v) is 4.34. The van der Waals surface area contributed by atoms with Crippen LogP contribution in [0.1, 0.15) is 27.9 Å². The maximum atomic E-state index is 13.2. The van der Waals surface area contributed by atoms with Crippen LogP contribution in [-0.2, 0) is 0 Å². The van der Waals surface area contributed by atoms with Crippen LogP contribution in [0, 0.1) is 6.92 Å². The van der Waals surface area contributed by atoms with Crippen LogP contribution < -0.4 is 9.47 Å². The van der Waals surface area contributed by atoms with Gasteiger partial charge in [0.25, 0.3) is 5.91 Å². The van der Waals surface area contributed by atoms with Crippen molar-refractivity contribution in [2.75, 3.05) is 33.3 Å². The van der Waals surface area contributed by atoms with E-state index in [-0.39, 0.29) is 5.91 Å². The molecule has 1 fully saturated rings. The molecular formula is C27H27N3O3. The second-order valence-corrected chi connectivity index (χ2v) is 8.37. The number of carbonyl (C=O) groups excluding carboxylic acids is 1. The zero-order valence-corrected chi connectivity index (χ0v) is 19.0. The molecule has 6 heteroatoms. The lowest BCUT2D eigenvalue weighted by Gasteiger charge is -2.25. The molecule has 0 atom stereocenters. The van der Waals surface area contributed by atoms with Crippen molar-refractivity contribution in [1.82, 2.24) is 9.80 Å². The Labute approximate surface area is 194 Å². The fraction of sp³-hybridized carbons (Fsp3) is 0.259. The zero-order valence-electron chi connectivity index (χ0n) is 19.0. The summed E-state index contributed by atoms with van der Waals surface area (Å²) in [6.45, 7) is 4.89. The lowest BCUT2D eigenvalue weighted by atomic mass is 10.1. The van der Waals surface area contributed by atoms with E-state index in [0.717, 1.165) is 47.1 Å². The van der Waals surface area contributed by atoms with Gasteiger partial charge in [0.2, 0.25) is 0 Å². The lowest BCUT2D eigenvalue weighted by Crippen LogP contribution is -2.37. The van der Waals surface area contributed by atoms with E-state index < -0.39 is 0 Å². The molecule has 0 spiro atoms. The fourth-order valence-electron chi connectivity index (χ4n) is 4.34. The van der Waals surface area contributed by atoms with E-state index in [1.54, 1.807) is 13.2 Å². The van der Waals surface area contributed by atoms with Gasteiger partial charge in [0, 0.05) is 31.7 Å². The van der Waals surface area contributed by atoms with Crippen molar-refractivity contribution in [2.24, 2.45) is 4.99 Å². The first-order valence-electron chi connectivity index (χ1n) is 11.3. The average Bonchev–Trinajstić information content (AvgIpc) is 3.18. The van der Waals surface area contributed by atoms with Crippen LogP contribution in [0.5, 0.6) is 17.2 Å². The Hall–Kier alpha value is -3.80. The van der Waals surface area contributed by atoms with Gasteiger partial charge in [-0.05, 0) is 61.4 Å². The number of hydrogen-bond donors (Lipinski definition) is 0. The first kappa shape index (κ1) is 21.1. The number of methoxy groups -OCH3 is 1. The van der Waals surface area contributed by atoms with Crippen molar-refractivity contribution in [3.8, 4) is 17.2 Å². The molecule has 2 aliphatic heterocycles. The summed E-state index contributed by atoms with van der Waals surface area (Å²) in [7, 11) is 1.61. The highest BCUT2D eigenvalue weighted by Crippen LogP contribution is 2.38. The monoisotopic (exact) mass is 441 g/mol. The molecule has 6 nitrogen and oxygen atoms in total.